The monoisotopic (exact) mass is 444 g/mol. The van der Waals surface area contributed by atoms with E-state index in [-0.39, 0.29) is 40.9 Å². The lowest BCUT2D eigenvalue weighted by atomic mass is 9.92. The summed E-state index contributed by atoms with van der Waals surface area (Å²) in [6.45, 7) is 3.25. The quantitative estimate of drug-likeness (QED) is 0.700. The van der Waals surface area contributed by atoms with Gasteiger partial charge in [0.05, 0.1) is 0 Å². The third-order valence-corrected chi connectivity index (χ3v) is 5.20. The summed E-state index contributed by atoms with van der Waals surface area (Å²) in [5.74, 6) is -3.65. The lowest BCUT2D eigenvalue weighted by Gasteiger charge is -2.42. The van der Waals surface area contributed by atoms with Crippen LogP contribution in [-0.4, -0.2) is 28.6 Å². The van der Waals surface area contributed by atoms with Gasteiger partial charge in [0.25, 0.3) is 11.6 Å². The average Bonchev–Trinajstić information content (AvgIpc) is 2.69. The number of hydrogen-bond acceptors (Lipinski definition) is 6. The van der Waals surface area contributed by atoms with E-state index in [0.29, 0.717) is 0 Å². The highest BCUT2D eigenvalue weighted by molar-refractivity contribution is 6.30. The number of amides is 1. The number of halogens is 4. The van der Waals surface area contributed by atoms with Gasteiger partial charge in [-0.1, -0.05) is 25.4 Å². The first kappa shape index (κ1) is 21.8. The molecule has 2 N–H and O–H groups in total. The predicted octanol–water partition coefficient (Wildman–Crippen LogP) is 4.45. The number of carbonyl (C=O) groups is 2. The van der Waals surface area contributed by atoms with Crippen LogP contribution in [0.3, 0.4) is 0 Å². The van der Waals surface area contributed by atoms with Crippen molar-refractivity contribution in [1.82, 2.24) is 9.63 Å². The van der Waals surface area contributed by atoms with Crippen LogP contribution in [0.1, 0.15) is 26.7 Å². The fourth-order valence-corrected chi connectivity index (χ4v) is 3.44. The van der Waals surface area contributed by atoms with Gasteiger partial charge in [-0.05, 0) is 31.0 Å². The van der Waals surface area contributed by atoms with Crippen LogP contribution in [0.4, 0.5) is 30.4 Å². The van der Waals surface area contributed by atoms with E-state index in [2.05, 4.69) is 4.98 Å². The Morgan fingerprint density at radius 2 is 1.80 bits per heavy atom. The van der Waals surface area contributed by atoms with Crippen molar-refractivity contribution in [2.45, 2.75) is 38.5 Å². The van der Waals surface area contributed by atoms with E-state index < -0.39 is 28.3 Å². The molecule has 0 bridgehead atoms. The van der Waals surface area contributed by atoms with E-state index in [1.807, 2.05) is 0 Å². The number of alkyl halides is 3. The minimum atomic E-state index is -5.35. The van der Waals surface area contributed by atoms with Crippen LogP contribution < -0.4 is 15.1 Å². The van der Waals surface area contributed by atoms with Gasteiger partial charge in [0.2, 0.25) is 5.60 Å². The van der Waals surface area contributed by atoms with Crippen LogP contribution in [-0.2, 0) is 14.4 Å². The number of hydrogen-bond donors (Lipinski definition) is 1. The summed E-state index contributed by atoms with van der Waals surface area (Å²) in [7, 11) is 0. The molecule has 2 heterocycles. The zero-order chi connectivity index (χ0) is 22.3. The van der Waals surface area contributed by atoms with Gasteiger partial charge >= 0.3 is 18.1 Å². The SMILES string of the molecule is CCC1(CC)Oc2nc(N)ccc2[N+](OC(=O)C(F)(F)F)(c2ccc(Cl)cc2)C1=O. The first-order valence-electron chi connectivity index (χ1n) is 8.97. The fourth-order valence-electron chi connectivity index (χ4n) is 3.31. The number of ether oxygens (including phenoxy) is 1. The first-order valence-corrected chi connectivity index (χ1v) is 9.35. The van der Waals surface area contributed by atoms with E-state index in [0.717, 1.165) is 0 Å². The van der Waals surface area contributed by atoms with Crippen molar-refractivity contribution in [3.05, 3.63) is 41.4 Å². The molecule has 1 atom stereocenters. The molecule has 0 radical (unpaired) electrons. The molecule has 1 amide bonds. The van der Waals surface area contributed by atoms with Gasteiger partial charge in [0.1, 0.15) is 5.82 Å². The maximum atomic E-state index is 13.7. The lowest BCUT2D eigenvalue weighted by Crippen LogP contribution is -2.66. The van der Waals surface area contributed by atoms with Crippen LogP contribution in [0.25, 0.3) is 0 Å². The van der Waals surface area contributed by atoms with Gasteiger partial charge in [-0.2, -0.15) is 18.2 Å². The Labute approximate surface area is 174 Å². The number of benzene rings is 1. The van der Waals surface area contributed by atoms with Crippen molar-refractivity contribution in [1.29, 1.82) is 0 Å². The minimum absolute atomic E-state index is 0.0144. The zero-order valence-corrected chi connectivity index (χ0v) is 16.8. The molecule has 1 aromatic heterocycles. The summed E-state index contributed by atoms with van der Waals surface area (Å²) in [5, 5.41) is 0.271. The van der Waals surface area contributed by atoms with Crippen molar-refractivity contribution in [3.63, 3.8) is 0 Å². The topological polar surface area (TPSA) is 91.5 Å². The van der Waals surface area contributed by atoms with E-state index in [4.69, 9.17) is 26.9 Å². The molecule has 11 heteroatoms. The van der Waals surface area contributed by atoms with Crippen molar-refractivity contribution in [3.8, 4) is 5.88 Å². The maximum Gasteiger partial charge on any atom is 0.497 e. The standard InChI is InChI=1S/C19H18ClF3N3O4/c1-3-18(4-2)16(27)26(30-17(28)19(21,22)23,12-7-5-11(20)6-8-12)13-9-10-14(24)25-15(13)29-18/h5-10H,3-4H2,1-2H3,(H2,24,25)/q+1. The number of pyridine rings is 1. The van der Waals surface area contributed by atoms with E-state index in [9.17, 15) is 22.8 Å². The van der Waals surface area contributed by atoms with Gasteiger partial charge in [-0.15, -0.1) is 0 Å². The molecule has 1 aliphatic rings. The molecule has 0 aliphatic carbocycles. The molecule has 0 spiro atoms. The zero-order valence-electron chi connectivity index (χ0n) is 16.0. The first-order chi connectivity index (χ1) is 14.0. The Balaban J connectivity index is 2.39. The second kappa shape index (κ2) is 7.44. The molecule has 30 heavy (non-hydrogen) atoms. The summed E-state index contributed by atoms with van der Waals surface area (Å²) < 4.78 is 43.9. The molecule has 7 nitrogen and oxygen atoms in total. The highest BCUT2D eigenvalue weighted by Crippen LogP contribution is 2.50. The third-order valence-electron chi connectivity index (χ3n) is 4.95. The Hall–Kier alpha value is -2.85. The number of carbonyl (C=O) groups excluding carboxylic acids is 2. The molecule has 160 valence electrons. The summed E-state index contributed by atoms with van der Waals surface area (Å²) in [6, 6.07) is 7.83. The number of rotatable bonds is 4. The number of nitrogen functional groups attached to an aromatic ring is 1. The third kappa shape index (κ3) is 3.35. The van der Waals surface area contributed by atoms with Crippen LogP contribution in [0.15, 0.2) is 36.4 Å². The number of nitrogens with two attached hydrogens (primary N) is 1. The van der Waals surface area contributed by atoms with Crippen LogP contribution >= 0.6 is 11.6 Å². The molecule has 3 rings (SSSR count). The molecule has 0 saturated carbocycles. The number of aromatic nitrogens is 1. The Bertz CT molecular complexity index is 994. The number of nitrogens with zero attached hydrogens (tertiary/aromatic N) is 2. The second-order valence-electron chi connectivity index (χ2n) is 6.63. The summed E-state index contributed by atoms with van der Waals surface area (Å²) in [4.78, 5) is 34.7. The van der Waals surface area contributed by atoms with E-state index in [1.54, 1.807) is 13.8 Å². The van der Waals surface area contributed by atoms with Crippen molar-refractivity contribution < 1.29 is 32.3 Å². The molecule has 1 aliphatic heterocycles. The van der Waals surface area contributed by atoms with Crippen molar-refractivity contribution >= 4 is 40.7 Å². The Morgan fingerprint density at radius 3 is 2.33 bits per heavy atom. The highest BCUT2D eigenvalue weighted by Gasteiger charge is 2.65. The van der Waals surface area contributed by atoms with Crippen LogP contribution in [0.2, 0.25) is 5.02 Å². The number of fused-ring (bicyclic) bond motifs is 1. The number of hydroxylamine groups is 1. The van der Waals surface area contributed by atoms with Gasteiger partial charge < -0.3 is 10.5 Å². The maximum absolute atomic E-state index is 13.7. The summed E-state index contributed by atoms with van der Waals surface area (Å²) >= 11 is 5.91. The largest absolute Gasteiger partial charge is 0.497 e. The minimum Gasteiger partial charge on any atom is -0.452 e. The van der Waals surface area contributed by atoms with Gasteiger partial charge in [0, 0.05) is 27.9 Å². The number of quaternary nitrogens is 1. The van der Waals surface area contributed by atoms with Crippen molar-refractivity contribution in [2.24, 2.45) is 0 Å². The predicted molar refractivity (Wildman–Crippen MR) is 103 cm³/mol. The molecule has 0 fully saturated rings. The molecule has 2 aromatic rings. The molecule has 0 saturated heterocycles. The summed E-state index contributed by atoms with van der Waals surface area (Å²) in [5.41, 5.74) is 3.81. The normalized spacial score (nSPS) is 20.3. The summed E-state index contributed by atoms with van der Waals surface area (Å²) in [6.07, 6.45) is -5.19. The van der Waals surface area contributed by atoms with Crippen LogP contribution in [0.5, 0.6) is 5.88 Å². The van der Waals surface area contributed by atoms with E-state index >= 15 is 0 Å². The van der Waals surface area contributed by atoms with Gasteiger partial charge in [-0.25, -0.2) is 14.4 Å². The molecular formula is C19H18ClF3N3O4+. The molecule has 1 aromatic carbocycles. The van der Waals surface area contributed by atoms with Gasteiger partial charge in [-0.3, -0.25) is 0 Å². The smallest absolute Gasteiger partial charge is 0.452 e. The van der Waals surface area contributed by atoms with E-state index in [1.165, 1.54) is 36.4 Å². The molecular weight excluding hydrogens is 427 g/mol. The molecule has 1 unspecified atom stereocenters. The lowest BCUT2D eigenvalue weighted by molar-refractivity contribution is -0.231. The Morgan fingerprint density at radius 1 is 1.20 bits per heavy atom. The second-order valence-corrected chi connectivity index (χ2v) is 7.07. The Kier molecular flexibility index (Phi) is 5.42. The number of anilines is 1. The van der Waals surface area contributed by atoms with Crippen molar-refractivity contribution in [2.75, 3.05) is 5.73 Å². The fraction of sp³-hybridized carbons (Fsp3) is 0.316. The van der Waals surface area contributed by atoms with Gasteiger partial charge in [0.15, 0.2) is 5.69 Å². The van der Waals surface area contributed by atoms with Crippen LogP contribution in [0, 0.1) is 0 Å². The average molecular weight is 445 g/mol. The highest BCUT2D eigenvalue weighted by atomic mass is 35.5.